The first-order valence-electron chi connectivity index (χ1n) is 28.0. The summed E-state index contributed by atoms with van der Waals surface area (Å²) >= 11 is 0. The molecule has 1 aliphatic heterocycles. The molecular formula is C54H90N16O13. The Balaban J connectivity index is 2.40. The van der Waals surface area contributed by atoms with E-state index in [9.17, 15) is 62.6 Å². The Hall–Kier alpha value is -7.95. The number of unbranched alkanes of at least 4 members (excludes halogenated alkanes) is 1. The lowest BCUT2D eigenvalue weighted by molar-refractivity contribution is -0.138. The zero-order valence-electron chi connectivity index (χ0n) is 49.1. The summed E-state index contributed by atoms with van der Waals surface area (Å²) in [6, 6.07) is -4.67. The fourth-order valence-corrected chi connectivity index (χ4v) is 8.90. The van der Waals surface area contributed by atoms with Crippen LogP contribution in [0.4, 0.5) is 0 Å². The highest BCUT2D eigenvalue weighted by atomic mass is 16.3. The van der Waals surface area contributed by atoms with Gasteiger partial charge in [-0.05, 0) is 88.7 Å². The van der Waals surface area contributed by atoms with Gasteiger partial charge in [-0.2, -0.15) is 0 Å². The molecule has 2 rings (SSSR count). The van der Waals surface area contributed by atoms with Crippen molar-refractivity contribution in [3.8, 4) is 0 Å². The van der Waals surface area contributed by atoms with E-state index in [1.165, 1.54) is 25.7 Å². The van der Waals surface area contributed by atoms with Gasteiger partial charge in [0.05, 0.1) is 12.5 Å². The van der Waals surface area contributed by atoms with Crippen LogP contribution in [0.5, 0.6) is 0 Å². The van der Waals surface area contributed by atoms with Crippen molar-refractivity contribution < 1.29 is 62.6 Å². The second-order valence-electron chi connectivity index (χ2n) is 21.8. The van der Waals surface area contributed by atoms with Crippen LogP contribution in [-0.2, 0) is 64.0 Å². The van der Waals surface area contributed by atoms with Crippen molar-refractivity contribution in [3.05, 3.63) is 35.9 Å². The number of benzene rings is 1. The molecular weight excluding hydrogens is 1080 g/mol. The van der Waals surface area contributed by atoms with Gasteiger partial charge in [0.25, 0.3) is 0 Å². The molecule has 29 heteroatoms. The maximum atomic E-state index is 14.4. The number of carbonyl (C=O) groups is 12. The van der Waals surface area contributed by atoms with Crippen molar-refractivity contribution in [3.63, 3.8) is 0 Å². The Labute approximate surface area is 484 Å². The normalized spacial score (nSPS) is 16.7. The van der Waals surface area contributed by atoms with Crippen molar-refractivity contribution in [2.75, 3.05) is 19.6 Å². The Morgan fingerprint density at radius 1 is 0.566 bits per heavy atom. The summed E-state index contributed by atoms with van der Waals surface area (Å²) in [5.74, 6) is -11.8. The Morgan fingerprint density at radius 2 is 1.01 bits per heavy atom. The monoisotopic (exact) mass is 1170 g/mol. The van der Waals surface area contributed by atoms with Crippen LogP contribution in [0.15, 0.2) is 35.3 Å². The number of aliphatic hydroxyl groups is 1. The summed E-state index contributed by atoms with van der Waals surface area (Å²) in [6.07, 6.45) is -0.662. The van der Waals surface area contributed by atoms with Crippen molar-refractivity contribution in [2.24, 2.45) is 51.4 Å². The third-order valence-electron chi connectivity index (χ3n) is 13.7. The van der Waals surface area contributed by atoms with Gasteiger partial charge in [-0.25, -0.2) is 0 Å². The van der Waals surface area contributed by atoms with E-state index < -0.39 is 156 Å². The zero-order valence-corrected chi connectivity index (χ0v) is 49.1. The SMILES string of the molecule is CC(=O)N1CCC[C@H]1C(=O)N[C@@H](C)C(=O)N[C@H](C(=O)N[C@H](C(=O)N[C@@H](Cc1ccccc1)C(=O)N[C@H](C(=O)N[C@H](C(=O)N[C@@H](CCCN=C(N)N)C(=O)N[C@@H](CCCCN)C(=O)N[C@@H](CC(N)=O)C(N)=O)[C@@H](C)O)C(C)C)C(C)C)C(C)C. The fraction of sp³-hybridized carbons (Fsp3) is 0.648. The lowest BCUT2D eigenvalue weighted by Crippen LogP contribution is -2.63. The molecule has 1 fully saturated rings. The maximum Gasteiger partial charge on any atom is 0.245 e. The number of rotatable bonds is 35. The molecule has 29 nitrogen and oxygen atoms in total. The lowest BCUT2D eigenvalue weighted by atomic mass is 9.98. The summed E-state index contributed by atoms with van der Waals surface area (Å²) < 4.78 is 0. The molecule has 0 bridgehead atoms. The first kappa shape index (κ1) is 71.2. The minimum Gasteiger partial charge on any atom is -0.391 e. The number of likely N-dealkylation sites (tertiary alicyclic amines) is 1. The Kier molecular flexibility index (Phi) is 30.1. The lowest BCUT2D eigenvalue weighted by Gasteiger charge is -2.31. The molecule has 1 aromatic carbocycles. The Morgan fingerprint density at radius 3 is 1.49 bits per heavy atom. The summed E-state index contributed by atoms with van der Waals surface area (Å²) in [5, 5.41) is 34.2. The summed E-state index contributed by atoms with van der Waals surface area (Å²) in [6.45, 7) is 14.4. The minimum atomic E-state index is -1.77. The van der Waals surface area contributed by atoms with Crippen LogP contribution in [0.2, 0.25) is 0 Å². The van der Waals surface area contributed by atoms with Crippen LogP contribution < -0.4 is 76.5 Å². The molecule has 0 saturated carbocycles. The first-order valence-corrected chi connectivity index (χ1v) is 28.0. The molecule has 11 atom stereocenters. The third kappa shape index (κ3) is 24.2. The van der Waals surface area contributed by atoms with E-state index >= 15 is 0 Å². The summed E-state index contributed by atoms with van der Waals surface area (Å²) in [5.41, 5.74) is 27.8. The number of hydrogen-bond acceptors (Lipinski definition) is 15. The highest BCUT2D eigenvalue weighted by molar-refractivity contribution is 5.99. The number of aliphatic hydroxyl groups excluding tert-OH is 1. The van der Waals surface area contributed by atoms with Gasteiger partial charge in [0, 0.05) is 26.4 Å². The molecule has 12 amide bonds. The van der Waals surface area contributed by atoms with Crippen LogP contribution in [-0.4, -0.2) is 173 Å². The van der Waals surface area contributed by atoms with Gasteiger partial charge in [0.15, 0.2) is 5.96 Å². The highest BCUT2D eigenvalue weighted by Crippen LogP contribution is 2.18. The summed E-state index contributed by atoms with van der Waals surface area (Å²) in [7, 11) is 0. The number of guanidine groups is 1. The van der Waals surface area contributed by atoms with Crippen LogP contribution in [0.3, 0.4) is 0 Å². The molecule has 83 heavy (non-hydrogen) atoms. The highest BCUT2D eigenvalue weighted by Gasteiger charge is 2.39. The number of nitrogens with zero attached hydrogens (tertiary/aromatic N) is 2. The number of carbonyl (C=O) groups excluding carboxylic acids is 12. The second kappa shape index (κ2) is 35.1. The smallest absolute Gasteiger partial charge is 0.245 e. The molecule has 1 saturated heterocycles. The van der Waals surface area contributed by atoms with Gasteiger partial charge in [0.1, 0.15) is 60.4 Å². The molecule has 0 spiro atoms. The average Bonchev–Trinajstić information content (AvgIpc) is 3.91. The molecule has 1 aromatic rings. The van der Waals surface area contributed by atoms with Crippen LogP contribution in [0, 0.1) is 17.8 Å². The predicted octanol–water partition coefficient (Wildman–Crippen LogP) is -4.48. The second-order valence-corrected chi connectivity index (χ2v) is 21.8. The molecule has 0 aliphatic carbocycles. The zero-order chi connectivity index (χ0) is 62.8. The van der Waals surface area contributed by atoms with Crippen molar-refractivity contribution >= 4 is 76.8 Å². The number of aliphatic imine (C=N–C) groups is 1. The quantitative estimate of drug-likeness (QED) is 0.0173. The number of nitrogens with one attached hydrogen (secondary N) is 9. The van der Waals surface area contributed by atoms with E-state index in [1.54, 1.807) is 71.9 Å². The topological polar surface area (TPSA) is 479 Å². The largest absolute Gasteiger partial charge is 0.391 e. The molecule has 1 aliphatic rings. The van der Waals surface area contributed by atoms with E-state index in [0.29, 0.717) is 37.8 Å². The van der Waals surface area contributed by atoms with E-state index in [1.807, 2.05) is 0 Å². The van der Waals surface area contributed by atoms with Crippen molar-refractivity contribution in [2.45, 2.75) is 187 Å². The predicted molar refractivity (Wildman–Crippen MR) is 306 cm³/mol. The van der Waals surface area contributed by atoms with E-state index in [4.69, 9.17) is 28.7 Å². The summed E-state index contributed by atoms with van der Waals surface area (Å²) in [4.78, 5) is 166. The van der Waals surface area contributed by atoms with E-state index in [-0.39, 0.29) is 50.6 Å². The van der Waals surface area contributed by atoms with Crippen LogP contribution >= 0.6 is 0 Å². The van der Waals surface area contributed by atoms with Crippen LogP contribution in [0.1, 0.15) is 119 Å². The first-order chi connectivity index (χ1) is 38.9. The maximum absolute atomic E-state index is 14.4. The number of nitrogens with two attached hydrogens (primary N) is 5. The number of amides is 12. The molecule has 20 N–H and O–H groups in total. The fourth-order valence-electron chi connectivity index (χ4n) is 8.90. The number of hydrogen-bond donors (Lipinski definition) is 15. The van der Waals surface area contributed by atoms with E-state index in [0.717, 1.165) is 0 Å². The van der Waals surface area contributed by atoms with Gasteiger partial charge >= 0.3 is 0 Å². The average molecular weight is 1170 g/mol. The van der Waals surface area contributed by atoms with Gasteiger partial charge in [-0.15, -0.1) is 0 Å². The molecule has 1 heterocycles. The molecule has 464 valence electrons. The minimum absolute atomic E-state index is 0.00717. The Bertz CT molecular complexity index is 2440. The standard InChI is InChI=1S/C54H90N16O13/c1-27(2)40(68-51(81)41(28(3)4)66-45(75)30(7)61-49(79)38-21-16-24-70(38)32(9)72)50(80)65-37(25-33-17-11-10-12-18-33)48(78)67-42(29(5)6)52(82)69-43(31(8)71)53(83)63-35(20-15-23-60-54(58)59)46(76)62-34(19-13-14-22-55)47(77)64-36(44(57)74)26-39(56)73/h10-12,17-18,27-31,34-38,40-43,71H,13-16,19-26,55H2,1-9H3,(H2,56,73)(H2,57,74)(H,61,79)(H,62,76)(H,63,83)(H,64,77)(H,65,80)(H,66,75)(H,67,78)(H,68,81)(H,69,82)(H4,58,59,60)/t30-,31+,34-,35-,36-,37-,38-,40-,41-,42-,43-/m0/s1. The van der Waals surface area contributed by atoms with E-state index in [2.05, 4.69) is 52.8 Å². The van der Waals surface area contributed by atoms with Crippen molar-refractivity contribution in [1.29, 1.82) is 0 Å². The number of primary amides is 2. The van der Waals surface area contributed by atoms with Crippen molar-refractivity contribution in [1.82, 2.24) is 52.8 Å². The van der Waals surface area contributed by atoms with Gasteiger partial charge in [-0.3, -0.25) is 62.5 Å². The van der Waals surface area contributed by atoms with Gasteiger partial charge < -0.3 is 86.5 Å². The van der Waals surface area contributed by atoms with Gasteiger partial charge in [-0.1, -0.05) is 71.9 Å². The molecule has 0 radical (unpaired) electrons. The molecule has 0 unspecified atom stereocenters. The molecule has 0 aromatic heterocycles. The third-order valence-corrected chi connectivity index (χ3v) is 13.7. The van der Waals surface area contributed by atoms with Gasteiger partial charge in [0.2, 0.25) is 70.9 Å². The van der Waals surface area contributed by atoms with Crippen LogP contribution in [0.25, 0.3) is 0 Å².